The average molecular weight is 1160 g/mol. The van der Waals surface area contributed by atoms with E-state index in [4.69, 9.17) is 24.3 Å². The Labute approximate surface area is 503 Å². The maximum absolute atomic E-state index is 12.7. The Morgan fingerprint density at radius 3 is 0.951 bits per heavy atom. The van der Waals surface area contributed by atoms with Crippen molar-refractivity contribution in [1.82, 2.24) is 0 Å². The van der Waals surface area contributed by atoms with E-state index in [1.807, 2.05) is 0 Å². The maximum Gasteiger partial charge on any atom is 0.472 e. The summed E-state index contributed by atoms with van der Waals surface area (Å²) in [6.07, 6.45) is 84.0. The zero-order chi connectivity index (χ0) is 58.7. The molecular weight excluding hydrogens is 1030 g/mol. The number of unbranched alkanes of at least 4 members (excludes halogenated alkanes) is 49. The van der Waals surface area contributed by atoms with Crippen molar-refractivity contribution in [3.8, 4) is 0 Å². The first kappa shape index (κ1) is 79.2. The number of allylic oxidation sites excluding steroid dienone is 6. The van der Waals surface area contributed by atoms with E-state index < -0.39 is 26.5 Å². The summed E-state index contributed by atoms with van der Waals surface area (Å²) in [5, 5.41) is 0. The monoisotopic (exact) mass is 1160 g/mol. The van der Waals surface area contributed by atoms with E-state index in [1.165, 1.54) is 289 Å². The van der Waals surface area contributed by atoms with E-state index in [2.05, 4.69) is 50.3 Å². The lowest BCUT2D eigenvalue weighted by Crippen LogP contribution is -2.29. The number of carbonyl (C=O) groups excluding carboxylic acids is 2. The molecule has 0 fully saturated rings. The Balaban J connectivity index is 3.75. The predicted octanol–water partition coefficient (Wildman–Crippen LogP) is 23.1. The van der Waals surface area contributed by atoms with Crippen LogP contribution in [0.4, 0.5) is 0 Å². The number of phosphoric ester groups is 1. The van der Waals surface area contributed by atoms with E-state index in [0.29, 0.717) is 6.42 Å². The molecule has 9 nitrogen and oxygen atoms in total. The summed E-state index contributed by atoms with van der Waals surface area (Å²) in [4.78, 5) is 35.3. The number of esters is 2. The second kappa shape index (κ2) is 67.4. The van der Waals surface area contributed by atoms with Crippen LogP contribution in [0.15, 0.2) is 36.5 Å². The van der Waals surface area contributed by atoms with E-state index in [1.54, 1.807) is 0 Å². The minimum absolute atomic E-state index is 0.0543. The summed E-state index contributed by atoms with van der Waals surface area (Å²) in [5.41, 5.74) is 5.40. The highest BCUT2D eigenvalue weighted by Gasteiger charge is 2.26. The topological polar surface area (TPSA) is 134 Å². The largest absolute Gasteiger partial charge is 0.472 e. The Morgan fingerprint density at radius 2 is 0.642 bits per heavy atom. The van der Waals surface area contributed by atoms with Gasteiger partial charge in [0.25, 0.3) is 0 Å². The Kier molecular flexibility index (Phi) is 65.9. The number of phosphoric acid groups is 1. The third-order valence-corrected chi connectivity index (χ3v) is 17.0. The molecule has 0 rings (SSSR count). The van der Waals surface area contributed by atoms with Gasteiger partial charge in [0, 0.05) is 19.4 Å². The van der Waals surface area contributed by atoms with Crippen molar-refractivity contribution in [3.05, 3.63) is 36.5 Å². The predicted molar refractivity (Wildman–Crippen MR) is 349 cm³/mol. The molecule has 0 aliphatic heterocycles. The van der Waals surface area contributed by atoms with E-state index in [9.17, 15) is 19.0 Å². The van der Waals surface area contributed by atoms with Gasteiger partial charge in [-0.2, -0.15) is 0 Å². The van der Waals surface area contributed by atoms with Crippen LogP contribution in [0.25, 0.3) is 0 Å². The number of ether oxygens (including phenoxy) is 2. The molecule has 0 spiro atoms. The normalized spacial score (nSPS) is 13.1. The van der Waals surface area contributed by atoms with Gasteiger partial charge in [-0.15, -0.1) is 0 Å². The Hall–Kier alpha value is -1.77. The van der Waals surface area contributed by atoms with Gasteiger partial charge >= 0.3 is 19.8 Å². The van der Waals surface area contributed by atoms with Crippen LogP contribution in [0.3, 0.4) is 0 Å². The van der Waals surface area contributed by atoms with Crippen LogP contribution in [-0.4, -0.2) is 49.3 Å². The minimum atomic E-state index is -4.39. The lowest BCUT2D eigenvalue weighted by atomic mass is 10.0. The lowest BCUT2D eigenvalue weighted by molar-refractivity contribution is -0.161. The molecule has 478 valence electrons. The maximum atomic E-state index is 12.7. The Morgan fingerprint density at radius 1 is 0.370 bits per heavy atom. The molecular formula is C71H136NO8P. The molecule has 0 aliphatic carbocycles. The molecule has 0 aromatic heterocycles. The van der Waals surface area contributed by atoms with Crippen molar-refractivity contribution in [2.75, 3.05) is 26.4 Å². The van der Waals surface area contributed by atoms with Gasteiger partial charge < -0.3 is 20.1 Å². The second-order valence-electron chi connectivity index (χ2n) is 24.1. The van der Waals surface area contributed by atoms with Crippen LogP contribution < -0.4 is 5.73 Å². The Bertz CT molecular complexity index is 1420. The van der Waals surface area contributed by atoms with Gasteiger partial charge in [0.1, 0.15) is 6.61 Å². The van der Waals surface area contributed by atoms with Crippen molar-refractivity contribution in [1.29, 1.82) is 0 Å². The van der Waals surface area contributed by atoms with Crippen LogP contribution in [0, 0.1) is 0 Å². The molecule has 10 heteroatoms. The fraction of sp³-hybridized carbons (Fsp3) is 0.887. The van der Waals surface area contributed by atoms with E-state index in [0.717, 1.165) is 51.4 Å². The SMILES string of the molecule is CCCCCCC/C=C\C/C=C\CCCCCCCCCCCC(=O)OC(COC(=O)CCCCCCCCCCCCCCCCCCCCCCCCCCCCC/C=C\CCCCCCCCCC)COP(=O)(O)OCCN. The quantitative estimate of drug-likeness (QED) is 0.0264. The highest BCUT2D eigenvalue weighted by Crippen LogP contribution is 2.43. The number of rotatable bonds is 68. The molecule has 0 heterocycles. The molecule has 0 bridgehead atoms. The van der Waals surface area contributed by atoms with E-state index in [-0.39, 0.29) is 38.6 Å². The summed E-state index contributed by atoms with van der Waals surface area (Å²) < 4.78 is 33.1. The fourth-order valence-corrected chi connectivity index (χ4v) is 11.5. The number of hydrogen-bond donors (Lipinski definition) is 2. The molecule has 0 radical (unpaired) electrons. The van der Waals surface area contributed by atoms with Gasteiger partial charge in [-0.25, -0.2) is 4.57 Å². The number of hydrogen-bond acceptors (Lipinski definition) is 8. The van der Waals surface area contributed by atoms with Crippen molar-refractivity contribution in [2.24, 2.45) is 5.73 Å². The zero-order valence-electron chi connectivity index (χ0n) is 53.8. The first-order chi connectivity index (χ1) is 39.8. The molecule has 2 unspecified atom stereocenters. The van der Waals surface area contributed by atoms with Crippen molar-refractivity contribution in [3.63, 3.8) is 0 Å². The molecule has 0 amide bonds. The van der Waals surface area contributed by atoms with Crippen LogP contribution in [0.1, 0.15) is 373 Å². The van der Waals surface area contributed by atoms with Crippen LogP contribution in [0.5, 0.6) is 0 Å². The molecule has 0 aromatic rings. The highest BCUT2D eigenvalue weighted by atomic mass is 31.2. The summed E-state index contributed by atoms with van der Waals surface area (Å²) in [7, 11) is -4.39. The van der Waals surface area contributed by atoms with Crippen LogP contribution in [-0.2, 0) is 32.7 Å². The fourth-order valence-electron chi connectivity index (χ4n) is 10.7. The molecule has 3 N–H and O–H groups in total. The van der Waals surface area contributed by atoms with Gasteiger partial charge in [-0.3, -0.25) is 18.6 Å². The molecule has 0 saturated heterocycles. The van der Waals surface area contributed by atoms with Crippen molar-refractivity contribution in [2.45, 2.75) is 380 Å². The van der Waals surface area contributed by atoms with Crippen molar-refractivity contribution >= 4 is 19.8 Å². The third kappa shape index (κ3) is 67.2. The summed E-state index contributed by atoms with van der Waals surface area (Å²) >= 11 is 0. The number of carbonyl (C=O) groups is 2. The van der Waals surface area contributed by atoms with E-state index >= 15 is 0 Å². The first-order valence-corrected chi connectivity index (χ1v) is 37.0. The zero-order valence-corrected chi connectivity index (χ0v) is 54.7. The molecule has 0 saturated carbocycles. The standard InChI is InChI=1S/C71H136NO8P/c1-3-5-7-9-11-13-15-17-19-21-23-25-26-27-28-29-30-31-32-33-34-35-36-37-38-39-40-41-42-44-45-47-49-51-53-55-57-59-61-63-70(73)77-67-69(68-79-81(75,76)78-66-65-72)80-71(74)64-62-60-58-56-54-52-50-48-46-43-24-22-20-18-16-14-12-10-8-6-4-2/h16,18,21-24,69H,3-15,17,19-20,25-68,72H2,1-2H3,(H,75,76)/b18-16-,23-21-,24-22-. The molecule has 0 aromatic carbocycles. The first-order valence-electron chi connectivity index (χ1n) is 35.5. The van der Waals surface area contributed by atoms with Crippen molar-refractivity contribution < 1.29 is 37.6 Å². The lowest BCUT2D eigenvalue weighted by Gasteiger charge is -2.19. The highest BCUT2D eigenvalue weighted by molar-refractivity contribution is 7.47. The number of nitrogens with two attached hydrogens (primary N) is 1. The summed E-state index contributed by atoms with van der Waals surface area (Å²) in [6, 6.07) is 0. The van der Waals surface area contributed by atoms with Crippen LogP contribution in [0.2, 0.25) is 0 Å². The van der Waals surface area contributed by atoms with Gasteiger partial charge in [0.2, 0.25) is 0 Å². The second-order valence-corrected chi connectivity index (χ2v) is 25.6. The minimum Gasteiger partial charge on any atom is -0.462 e. The third-order valence-electron chi connectivity index (χ3n) is 16.0. The molecule has 0 aliphatic rings. The van der Waals surface area contributed by atoms with Gasteiger partial charge in [-0.1, -0.05) is 326 Å². The summed E-state index contributed by atoms with van der Waals surface area (Å²) in [5.74, 6) is -0.814. The van der Waals surface area contributed by atoms with Gasteiger partial charge in [0.15, 0.2) is 6.10 Å². The smallest absolute Gasteiger partial charge is 0.462 e. The molecule has 2 atom stereocenters. The average Bonchev–Trinajstić information content (AvgIpc) is 3.46. The molecule has 81 heavy (non-hydrogen) atoms. The van der Waals surface area contributed by atoms with Gasteiger partial charge in [-0.05, 0) is 70.6 Å². The van der Waals surface area contributed by atoms with Gasteiger partial charge in [0.05, 0.1) is 13.2 Å². The van der Waals surface area contributed by atoms with Crippen LogP contribution >= 0.6 is 7.82 Å². The summed E-state index contributed by atoms with van der Waals surface area (Å²) in [6.45, 7) is 3.79.